The van der Waals surface area contributed by atoms with Crippen molar-refractivity contribution in [2.45, 2.75) is 84.5 Å². The molecule has 2 atom stereocenters. The lowest BCUT2D eigenvalue weighted by Gasteiger charge is -2.14. The van der Waals surface area contributed by atoms with E-state index in [2.05, 4.69) is 48.9 Å². The van der Waals surface area contributed by atoms with Crippen molar-refractivity contribution in [3.05, 3.63) is 47.8 Å². The molecule has 0 bridgehead atoms. The summed E-state index contributed by atoms with van der Waals surface area (Å²) >= 11 is 0. The molecule has 2 rings (SSSR count). The van der Waals surface area contributed by atoms with E-state index >= 15 is 0 Å². The summed E-state index contributed by atoms with van der Waals surface area (Å²) in [5.41, 5.74) is 3.32. The number of unbranched alkanes of at least 4 members (excludes halogenated alkanes) is 5. The molecule has 3 heteroatoms. The summed E-state index contributed by atoms with van der Waals surface area (Å²) in [6, 6.07) is 10.6. The van der Waals surface area contributed by atoms with Crippen LogP contribution in [0.15, 0.2) is 36.7 Å². The van der Waals surface area contributed by atoms with E-state index in [-0.39, 0.29) is 5.92 Å². The average molecular weight is 378 g/mol. The van der Waals surface area contributed by atoms with Gasteiger partial charge in [0.1, 0.15) is 0 Å². The van der Waals surface area contributed by atoms with Gasteiger partial charge in [0.2, 0.25) is 0 Å². The number of hydrogen-bond acceptors (Lipinski definition) is 3. The zero-order valence-electron chi connectivity index (χ0n) is 17.8. The van der Waals surface area contributed by atoms with Crippen molar-refractivity contribution in [3.63, 3.8) is 0 Å². The fourth-order valence-corrected chi connectivity index (χ4v) is 3.44. The van der Waals surface area contributed by atoms with E-state index in [1.165, 1.54) is 44.1 Å². The van der Waals surface area contributed by atoms with Crippen molar-refractivity contribution >= 4 is 0 Å². The molecule has 1 aromatic heterocycles. The predicted molar refractivity (Wildman–Crippen MR) is 117 cm³/mol. The fraction of sp³-hybridized carbons (Fsp3) is 0.560. The van der Waals surface area contributed by atoms with E-state index in [4.69, 9.17) is 0 Å². The average Bonchev–Trinajstić information content (AvgIpc) is 2.75. The fourth-order valence-electron chi connectivity index (χ4n) is 3.44. The Morgan fingerprint density at radius 1 is 0.929 bits per heavy atom. The lowest BCUT2D eigenvalue weighted by atomic mass is 9.89. The molecule has 2 aromatic rings. The summed E-state index contributed by atoms with van der Waals surface area (Å²) in [6.07, 6.45) is 14.8. The van der Waals surface area contributed by atoms with Crippen LogP contribution in [0.2, 0.25) is 0 Å². The van der Waals surface area contributed by atoms with Gasteiger partial charge in [-0.15, -0.1) is 0 Å². The number of aromatic nitrogens is 2. The molecule has 0 radical (unpaired) electrons. The number of aryl methyl sites for hydroxylation is 1. The molecule has 1 aromatic carbocycles. The van der Waals surface area contributed by atoms with Gasteiger partial charge in [0.25, 0.3) is 0 Å². The minimum absolute atomic E-state index is 0.0374. The lowest BCUT2D eigenvalue weighted by molar-refractivity contribution is 0.494. The van der Waals surface area contributed by atoms with Crippen LogP contribution in [0.4, 0.5) is 0 Å². The third-order valence-corrected chi connectivity index (χ3v) is 5.59. The van der Waals surface area contributed by atoms with Gasteiger partial charge in [0, 0.05) is 18.0 Å². The summed E-state index contributed by atoms with van der Waals surface area (Å²) in [5.74, 6) is 1.28. The maximum absolute atomic E-state index is 9.50. The summed E-state index contributed by atoms with van der Waals surface area (Å²) < 4.78 is 0. The molecule has 0 aliphatic rings. The van der Waals surface area contributed by atoms with E-state index in [0.29, 0.717) is 5.92 Å². The molecule has 0 aliphatic heterocycles. The molecule has 0 spiro atoms. The maximum Gasteiger partial charge on any atom is 0.159 e. The molecule has 0 fully saturated rings. The van der Waals surface area contributed by atoms with Gasteiger partial charge in [-0.05, 0) is 36.3 Å². The molecule has 0 saturated carbocycles. The highest BCUT2D eigenvalue weighted by Crippen LogP contribution is 2.26. The van der Waals surface area contributed by atoms with E-state index in [0.717, 1.165) is 36.2 Å². The molecular formula is C25H35N3. The number of hydrogen-bond donors (Lipinski definition) is 0. The molecular weight excluding hydrogens is 342 g/mol. The minimum atomic E-state index is -0.0374. The second-order valence-corrected chi connectivity index (χ2v) is 7.99. The first-order chi connectivity index (χ1) is 13.7. The Kier molecular flexibility index (Phi) is 9.69. The molecule has 28 heavy (non-hydrogen) atoms. The predicted octanol–water partition coefficient (Wildman–Crippen LogP) is 7.09. The Morgan fingerprint density at radius 3 is 2.18 bits per heavy atom. The molecule has 2 unspecified atom stereocenters. The first-order valence-corrected chi connectivity index (χ1v) is 11.0. The van der Waals surface area contributed by atoms with Gasteiger partial charge in [-0.25, -0.2) is 9.97 Å². The zero-order chi connectivity index (χ0) is 20.2. The first-order valence-electron chi connectivity index (χ1n) is 11.0. The first kappa shape index (κ1) is 22.1. The van der Waals surface area contributed by atoms with Crippen molar-refractivity contribution in [2.24, 2.45) is 5.92 Å². The Labute approximate surface area is 171 Å². The van der Waals surface area contributed by atoms with Gasteiger partial charge < -0.3 is 0 Å². The molecule has 3 nitrogen and oxygen atoms in total. The SMILES string of the molecule is CCCCCCCCc1cnc(-c2ccc(C(C#N)CC(C)CC)cc2)nc1. The van der Waals surface area contributed by atoms with Crippen molar-refractivity contribution in [1.29, 1.82) is 5.26 Å². The van der Waals surface area contributed by atoms with Crippen LogP contribution in [0.5, 0.6) is 0 Å². The number of nitrogens with zero attached hydrogens (tertiary/aromatic N) is 3. The summed E-state index contributed by atoms with van der Waals surface area (Å²) in [4.78, 5) is 9.11. The Bertz CT molecular complexity index is 713. The van der Waals surface area contributed by atoms with E-state index in [1.54, 1.807) is 0 Å². The van der Waals surface area contributed by atoms with Gasteiger partial charge >= 0.3 is 0 Å². The number of benzene rings is 1. The van der Waals surface area contributed by atoms with Crippen molar-refractivity contribution in [2.75, 3.05) is 0 Å². The highest BCUT2D eigenvalue weighted by molar-refractivity contribution is 5.55. The molecule has 1 heterocycles. The molecule has 0 saturated heterocycles. The Hall–Kier alpha value is -2.21. The summed E-state index contributed by atoms with van der Waals surface area (Å²) in [6.45, 7) is 6.64. The molecule has 150 valence electrons. The molecule has 0 amide bonds. The van der Waals surface area contributed by atoms with Crippen LogP contribution in [-0.4, -0.2) is 9.97 Å². The van der Waals surface area contributed by atoms with Gasteiger partial charge in [-0.3, -0.25) is 0 Å². The third kappa shape index (κ3) is 7.08. The monoisotopic (exact) mass is 377 g/mol. The van der Waals surface area contributed by atoms with Crippen molar-refractivity contribution in [1.82, 2.24) is 9.97 Å². The third-order valence-electron chi connectivity index (χ3n) is 5.59. The van der Waals surface area contributed by atoms with Crippen LogP contribution in [0.25, 0.3) is 11.4 Å². The van der Waals surface area contributed by atoms with Crippen LogP contribution in [0, 0.1) is 17.2 Å². The van der Waals surface area contributed by atoms with Crippen LogP contribution < -0.4 is 0 Å². The quantitative estimate of drug-likeness (QED) is 0.371. The zero-order valence-corrected chi connectivity index (χ0v) is 17.8. The van der Waals surface area contributed by atoms with Gasteiger partial charge in [-0.2, -0.15) is 5.26 Å². The second kappa shape index (κ2) is 12.3. The standard InChI is InChI=1S/C25H35N3/c1-4-6-7-8-9-10-11-21-18-27-25(28-19-21)23-14-12-22(13-15-23)24(17-26)16-20(3)5-2/h12-15,18-20,24H,4-11,16H2,1-3H3. The smallest absolute Gasteiger partial charge is 0.159 e. The van der Waals surface area contributed by atoms with E-state index in [1.807, 2.05) is 24.5 Å². The van der Waals surface area contributed by atoms with Gasteiger partial charge in [0.05, 0.1) is 12.0 Å². The largest absolute Gasteiger partial charge is 0.236 e. The van der Waals surface area contributed by atoms with E-state index < -0.39 is 0 Å². The highest BCUT2D eigenvalue weighted by atomic mass is 14.9. The number of rotatable bonds is 12. The topological polar surface area (TPSA) is 49.6 Å². The Morgan fingerprint density at radius 2 is 1.57 bits per heavy atom. The molecule has 0 N–H and O–H groups in total. The van der Waals surface area contributed by atoms with Crippen molar-refractivity contribution in [3.8, 4) is 17.5 Å². The van der Waals surface area contributed by atoms with Crippen LogP contribution in [-0.2, 0) is 6.42 Å². The Balaban J connectivity index is 1.90. The van der Waals surface area contributed by atoms with Crippen LogP contribution >= 0.6 is 0 Å². The van der Waals surface area contributed by atoms with Crippen LogP contribution in [0.1, 0.15) is 89.2 Å². The molecule has 0 aliphatic carbocycles. The lowest BCUT2D eigenvalue weighted by Crippen LogP contribution is -2.02. The normalized spacial score (nSPS) is 13.1. The second-order valence-electron chi connectivity index (χ2n) is 7.99. The summed E-state index contributed by atoms with van der Waals surface area (Å²) in [5, 5.41) is 9.50. The number of nitriles is 1. The highest BCUT2D eigenvalue weighted by Gasteiger charge is 2.14. The van der Waals surface area contributed by atoms with E-state index in [9.17, 15) is 5.26 Å². The van der Waals surface area contributed by atoms with Crippen molar-refractivity contribution < 1.29 is 0 Å². The van der Waals surface area contributed by atoms with Gasteiger partial charge in [-0.1, -0.05) is 83.6 Å². The van der Waals surface area contributed by atoms with Gasteiger partial charge in [0.15, 0.2) is 5.82 Å². The summed E-state index contributed by atoms with van der Waals surface area (Å²) in [7, 11) is 0. The van der Waals surface area contributed by atoms with Crippen LogP contribution in [0.3, 0.4) is 0 Å². The maximum atomic E-state index is 9.50. The minimum Gasteiger partial charge on any atom is -0.236 e.